The molecule has 2 atom stereocenters. The second-order valence-electron chi connectivity index (χ2n) is 6.53. The van der Waals surface area contributed by atoms with Crippen molar-refractivity contribution in [3.63, 3.8) is 0 Å². The van der Waals surface area contributed by atoms with Crippen LogP contribution in [0.3, 0.4) is 0 Å². The summed E-state index contributed by atoms with van der Waals surface area (Å²) in [4.78, 5) is 13.8. The number of nitrogens with zero attached hydrogens (tertiary/aromatic N) is 1. The lowest BCUT2D eigenvalue weighted by atomic mass is 9.90. The Balaban J connectivity index is 2.53. The molecule has 106 valence electrons. The van der Waals surface area contributed by atoms with Crippen LogP contribution in [0, 0.1) is 11.8 Å². The Kier molecular flexibility index (Phi) is 5.02. The van der Waals surface area contributed by atoms with Gasteiger partial charge in [0.2, 0.25) is 0 Å². The van der Waals surface area contributed by atoms with Crippen LogP contribution in [0.25, 0.3) is 0 Å². The lowest BCUT2D eigenvalue weighted by Crippen LogP contribution is -2.41. The molecule has 0 aromatic heterocycles. The van der Waals surface area contributed by atoms with Crippen molar-refractivity contribution in [3.8, 4) is 0 Å². The van der Waals surface area contributed by atoms with Crippen molar-refractivity contribution in [3.05, 3.63) is 0 Å². The fraction of sp³-hybridized carbons (Fsp3) is 0.929. The quantitative estimate of drug-likeness (QED) is 0.843. The van der Waals surface area contributed by atoms with Gasteiger partial charge in [-0.05, 0) is 46.1 Å². The average molecular weight is 256 g/mol. The Hall–Kier alpha value is -0.770. The van der Waals surface area contributed by atoms with Crippen LogP contribution in [-0.4, -0.2) is 42.8 Å². The van der Waals surface area contributed by atoms with Gasteiger partial charge in [0, 0.05) is 19.1 Å². The van der Waals surface area contributed by atoms with E-state index in [2.05, 4.69) is 19.2 Å². The molecule has 4 nitrogen and oxygen atoms in total. The second-order valence-corrected chi connectivity index (χ2v) is 6.53. The highest BCUT2D eigenvalue weighted by molar-refractivity contribution is 5.68. The van der Waals surface area contributed by atoms with E-state index < -0.39 is 5.60 Å². The summed E-state index contributed by atoms with van der Waals surface area (Å²) in [6.45, 7) is 11.8. The van der Waals surface area contributed by atoms with E-state index in [0.717, 1.165) is 19.5 Å². The number of carbonyl (C=O) groups excluding carboxylic acids is 1. The summed E-state index contributed by atoms with van der Waals surface area (Å²) >= 11 is 0. The van der Waals surface area contributed by atoms with Crippen LogP contribution in [0.15, 0.2) is 0 Å². The molecule has 1 saturated heterocycles. The van der Waals surface area contributed by atoms with E-state index in [9.17, 15) is 4.79 Å². The Morgan fingerprint density at radius 2 is 2.00 bits per heavy atom. The lowest BCUT2D eigenvalue weighted by molar-refractivity contribution is 0.0284. The van der Waals surface area contributed by atoms with Gasteiger partial charge in [-0.1, -0.05) is 13.8 Å². The first-order valence-corrected chi connectivity index (χ1v) is 6.89. The van der Waals surface area contributed by atoms with Crippen molar-refractivity contribution in [1.82, 2.24) is 10.2 Å². The average Bonchev–Trinajstić information content (AvgIpc) is 2.64. The standard InChI is InChI=1S/C14H28N2O2/c1-10(2)12(15-6)11-7-8-16(9-11)13(17)18-14(3,4)5/h10-12,15H,7-9H2,1-6H3. The van der Waals surface area contributed by atoms with Crippen LogP contribution in [0.5, 0.6) is 0 Å². The van der Waals surface area contributed by atoms with E-state index in [0.29, 0.717) is 17.9 Å². The molecule has 4 heteroatoms. The van der Waals surface area contributed by atoms with E-state index in [1.807, 2.05) is 32.7 Å². The highest BCUT2D eigenvalue weighted by Gasteiger charge is 2.34. The van der Waals surface area contributed by atoms with E-state index in [4.69, 9.17) is 4.74 Å². The molecule has 0 bridgehead atoms. The first kappa shape index (κ1) is 15.3. The fourth-order valence-electron chi connectivity index (χ4n) is 2.69. The van der Waals surface area contributed by atoms with Gasteiger partial charge in [-0.2, -0.15) is 0 Å². The summed E-state index contributed by atoms with van der Waals surface area (Å²) in [6.07, 6.45) is 0.881. The van der Waals surface area contributed by atoms with E-state index in [-0.39, 0.29) is 6.09 Å². The molecular formula is C14H28N2O2. The minimum Gasteiger partial charge on any atom is -0.444 e. The van der Waals surface area contributed by atoms with Gasteiger partial charge in [-0.25, -0.2) is 4.79 Å². The number of nitrogens with one attached hydrogen (secondary N) is 1. The summed E-state index contributed by atoms with van der Waals surface area (Å²) in [5.41, 5.74) is -0.407. The van der Waals surface area contributed by atoms with Crippen LogP contribution in [0.4, 0.5) is 4.79 Å². The number of rotatable bonds is 3. The summed E-state index contributed by atoms with van der Waals surface area (Å²) in [6, 6.07) is 0.470. The third-order valence-corrected chi connectivity index (χ3v) is 3.44. The Morgan fingerprint density at radius 1 is 1.39 bits per heavy atom. The maximum Gasteiger partial charge on any atom is 0.410 e. The van der Waals surface area contributed by atoms with Gasteiger partial charge in [0.1, 0.15) is 5.60 Å². The van der Waals surface area contributed by atoms with E-state index in [1.54, 1.807) is 0 Å². The van der Waals surface area contributed by atoms with Gasteiger partial charge in [0.05, 0.1) is 0 Å². The molecule has 2 unspecified atom stereocenters. The third-order valence-electron chi connectivity index (χ3n) is 3.44. The molecule has 0 aliphatic carbocycles. The van der Waals surface area contributed by atoms with Crippen molar-refractivity contribution >= 4 is 6.09 Å². The normalized spacial score (nSPS) is 22.4. The highest BCUT2D eigenvalue weighted by atomic mass is 16.6. The maximum absolute atomic E-state index is 12.0. The topological polar surface area (TPSA) is 41.6 Å². The van der Waals surface area contributed by atoms with Crippen LogP contribution in [0.2, 0.25) is 0 Å². The zero-order valence-corrected chi connectivity index (χ0v) is 12.6. The molecule has 1 aliphatic rings. The summed E-state index contributed by atoms with van der Waals surface area (Å²) in [5, 5.41) is 3.37. The van der Waals surface area contributed by atoms with E-state index in [1.165, 1.54) is 0 Å². The molecule has 0 radical (unpaired) electrons. The SMILES string of the molecule is CNC(C(C)C)C1CCN(C(=O)OC(C)(C)C)C1. The number of amides is 1. The Morgan fingerprint density at radius 3 is 2.44 bits per heavy atom. The minimum atomic E-state index is -0.407. The molecular weight excluding hydrogens is 228 g/mol. The number of likely N-dealkylation sites (tertiary alicyclic amines) is 1. The molecule has 18 heavy (non-hydrogen) atoms. The predicted octanol–water partition coefficient (Wildman–Crippen LogP) is 2.49. The molecule has 0 saturated carbocycles. The second kappa shape index (κ2) is 5.91. The predicted molar refractivity (Wildman–Crippen MR) is 73.6 cm³/mol. The molecule has 1 amide bonds. The van der Waals surface area contributed by atoms with Gasteiger partial charge in [-0.15, -0.1) is 0 Å². The first-order valence-electron chi connectivity index (χ1n) is 6.89. The van der Waals surface area contributed by atoms with Crippen molar-refractivity contribution in [2.24, 2.45) is 11.8 Å². The molecule has 1 aliphatic heterocycles. The van der Waals surface area contributed by atoms with Gasteiger partial charge < -0.3 is 15.0 Å². The fourth-order valence-corrected chi connectivity index (χ4v) is 2.69. The van der Waals surface area contributed by atoms with Crippen molar-refractivity contribution in [2.75, 3.05) is 20.1 Å². The largest absolute Gasteiger partial charge is 0.444 e. The van der Waals surface area contributed by atoms with Gasteiger partial charge in [0.15, 0.2) is 0 Å². The van der Waals surface area contributed by atoms with Crippen molar-refractivity contribution < 1.29 is 9.53 Å². The summed E-state index contributed by atoms with van der Waals surface area (Å²) in [7, 11) is 2.00. The molecule has 0 aromatic carbocycles. The monoisotopic (exact) mass is 256 g/mol. The molecule has 1 rings (SSSR count). The van der Waals surface area contributed by atoms with Gasteiger partial charge in [0.25, 0.3) is 0 Å². The number of hydrogen-bond acceptors (Lipinski definition) is 3. The minimum absolute atomic E-state index is 0.177. The van der Waals surface area contributed by atoms with Gasteiger partial charge in [-0.3, -0.25) is 0 Å². The molecule has 1 fully saturated rings. The van der Waals surface area contributed by atoms with Crippen molar-refractivity contribution in [2.45, 2.75) is 52.7 Å². The first-order chi connectivity index (χ1) is 8.24. The van der Waals surface area contributed by atoms with Crippen LogP contribution in [0.1, 0.15) is 41.0 Å². The maximum atomic E-state index is 12.0. The lowest BCUT2D eigenvalue weighted by Gasteiger charge is -2.28. The third kappa shape index (κ3) is 4.16. The molecule has 1 heterocycles. The van der Waals surface area contributed by atoms with Crippen LogP contribution < -0.4 is 5.32 Å². The Bertz CT molecular complexity index is 284. The summed E-state index contributed by atoms with van der Waals surface area (Å²) in [5.74, 6) is 1.11. The van der Waals surface area contributed by atoms with Crippen LogP contribution in [-0.2, 0) is 4.74 Å². The Labute approximate surface area is 111 Å². The zero-order chi connectivity index (χ0) is 13.9. The van der Waals surface area contributed by atoms with E-state index >= 15 is 0 Å². The number of ether oxygens (including phenoxy) is 1. The highest BCUT2D eigenvalue weighted by Crippen LogP contribution is 2.25. The smallest absolute Gasteiger partial charge is 0.410 e. The summed E-state index contributed by atoms with van der Waals surface area (Å²) < 4.78 is 5.41. The number of hydrogen-bond donors (Lipinski definition) is 1. The number of carbonyl (C=O) groups is 1. The molecule has 1 N–H and O–H groups in total. The zero-order valence-electron chi connectivity index (χ0n) is 12.6. The molecule has 0 aromatic rings. The van der Waals surface area contributed by atoms with Crippen molar-refractivity contribution in [1.29, 1.82) is 0 Å². The van der Waals surface area contributed by atoms with Crippen LogP contribution >= 0.6 is 0 Å². The molecule has 0 spiro atoms. The van der Waals surface area contributed by atoms with Gasteiger partial charge >= 0.3 is 6.09 Å².